The number of carbonyl (C=O) groups is 1. The zero-order valence-corrected chi connectivity index (χ0v) is 14.5. The fourth-order valence-electron chi connectivity index (χ4n) is 2.23. The Morgan fingerprint density at radius 3 is 2.54 bits per heavy atom. The third kappa shape index (κ3) is 4.45. The van der Waals surface area contributed by atoms with Crippen molar-refractivity contribution in [3.05, 3.63) is 77.0 Å². The molecule has 0 spiro atoms. The molecule has 0 fully saturated rings. The molecule has 2 aromatic carbocycles. The lowest BCUT2D eigenvalue weighted by molar-refractivity contribution is 0.252. The number of para-hydroxylation sites is 1. The number of nitrogens with zero attached hydrogens (tertiary/aromatic N) is 2. The topological polar surface area (TPSA) is 59.0 Å². The van der Waals surface area contributed by atoms with E-state index in [0.717, 1.165) is 21.5 Å². The second-order valence-electron chi connectivity index (χ2n) is 5.22. The summed E-state index contributed by atoms with van der Waals surface area (Å²) < 4.78 is 2.81. The van der Waals surface area contributed by atoms with Crippen molar-refractivity contribution >= 4 is 27.6 Å². The van der Waals surface area contributed by atoms with Crippen LogP contribution in [0.25, 0.3) is 5.69 Å². The van der Waals surface area contributed by atoms with Gasteiger partial charge >= 0.3 is 6.03 Å². The number of hydrogen-bond acceptors (Lipinski definition) is 2. The van der Waals surface area contributed by atoms with E-state index in [9.17, 15) is 4.79 Å². The smallest absolute Gasteiger partial charge is 0.319 e. The Morgan fingerprint density at radius 1 is 1.04 bits per heavy atom. The fourth-order valence-corrected chi connectivity index (χ4v) is 2.50. The molecule has 0 aliphatic heterocycles. The highest BCUT2D eigenvalue weighted by Gasteiger charge is 2.04. The Morgan fingerprint density at radius 2 is 1.79 bits per heavy atom. The normalized spacial score (nSPS) is 10.4. The lowest BCUT2D eigenvalue weighted by Gasteiger charge is -2.07. The molecule has 3 rings (SSSR count). The molecule has 0 aliphatic carbocycles. The highest BCUT2D eigenvalue weighted by Crippen LogP contribution is 2.13. The van der Waals surface area contributed by atoms with Crippen molar-refractivity contribution in [1.82, 2.24) is 15.1 Å². The first-order chi connectivity index (χ1) is 11.7. The minimum Gasteiger partial charge on any atom is -0.337 e. The van der Waals surface area contributed by atoms with Crippen LogP contribution in [-0.2, 0) is 6.42 Å². The van der Waals surface area contributed by atoms with Crippen LogP contribution in [0.3, 0.4) is 0 Å². The van der Waals surface area contributed by atoms with Gasteiger partial charge in [-0.15, -0.1) is 0 Å². The highest BCUT2D eigenvalue weighted by molar-refractivity contribution is 9.10. The van der Waals surface area contributed by atoms with Crippen LogP contribution in [0.4, 0.5) is 10.5 Å². The van der Waals surface area contributed by atoms with Crippen LogP contribution < -0.4 is 10.6 Å². The largest absolute Gasteiger partial charge is 0.337 e. The van der Waals surface area contributed by atoms with Crippen molar-refractivity contribution in [1.29, 1.82) is 0 Å². The molecule has 0 aliphatic rings. The number of carbonyl (C=O) groups excluding carboxylic acids is 1. The molecule has 1 aromatic heterocycles. The summed E-state index contributed by atoms with van der Waals surface area (Å²) in [6, 6.07) is 19.1. The van der Waals surface area contributed by atoms with Crippen LogP contribution in [-0.4, -0.2) is 22.4 Å². The predicted octanol–water partition coefficient (Wildman–Crippen LogP) is 4.00. The second-order valence-corrected chi connectivity index (χ2v) is 6.14. The van der Waals surface area contributed by atoms with E-state index in [-0.39, 0.29) is 6.03 Å². The maximum absolute atomic E-state index is 11.9. The van der Waals surface area contributed by atoms with E-state index >= 15 is 0 Å². The van der Waals surface area contributed by atoms with Gasteiger partial charge in [0.15, 0.2) is 0 Å². The van der Waals surface area contributed by atoms with Gasteiger partial charge in [0, 0.05) is 29.3 Å². The van der Waals surface area contributed by atoms with E-state index in [1.165, 1.54) is 0 Å². The molecule has 1 heterocycles. The third-order valence-corrected chi connectivity index (χ3v) is 3.96. The van der Waals surface area contributed by atoms with Crippen molar-refractivity contribution in [2.45, 2.75) is 6.42 Å². The second kappa shape index (κ2) is 7.79. The van der Waals surface area contributed by atoms with Gasteiger partial charge in [0.05, 0.1) is 11.4 Å². The summed E-state index contributed by atoms with van der Waals surface area (Å²) in [6.45, 7) is 0.522. The summed E-state index contributed by atoms with van der Waals surface area (Å²) in [4.78, 5) is 11.9. The van der Waals surface area contributed by atoms with Gasteiger partial charge in [0.25, 0.3) is 0 Å². The molecule has 5 nitrogen and oxygen atoms in total. The molecular weight excluding hydrogens is 368 g/mol. The van der Waals surface area contributed by atoms with Gasteiger partial charge < -0.3 is 10.6 Å². The van der Waals surface area contributed by atoms with Gasteiger partial charge in [-0.25, -0.2) is 9.48 Å². The summed E-state index contributed by atoms with van der Waals surface area (Å²) in [5, 5.41) is 10.1. The first-order valence-electron chi connectivity index (χ1n) is 7.61. The van der Waals surface area contributed by atoms with Crippen molar-refractivity contribution in [3.8, 4) is 5.69 Å². The fraction of sp³-hybridized carbons (Fsp3) is 0.111. The number of hydrogen-bond donors (Lipinski definition) is 2. The first kappa shape index (κ1) is 16.3. The van der Waals surface area contributed by atoms with E-state index in [4.69, 9.17) is 0 Å². The molecule has 0 atom stereocenters. The molecule has 24 heavy (non-hydrogen) atoms. The maximum atomic E-state index is 11.9. The number of amides is 2. The zero-order chi connectivity index (χ0) is 16.8. The van der Waals surface area contributed by atoms with Crippen LogP contribution in [0.15, 0.2) is 71.3 Å². The van der Waals surface area contributed by atoms with E-state index in [2.05, 4.69) is 31.7 Å². The standard InChI is InChI=1S/C18H17BrN4O/c19-14-6-8-15(9-7-14)21-18(24)20-12-10-16-11-13-23(22-16)17-4-2-1-3-5-17/h1-9,11,13H,10,12H2,(H2,20,21,24). The number of nitrogens with one attached hydrogen (secondary N) is 2. The minimum absolute atomic E-state index is 0.222. The molecule has 2 amide bonds. The molecule has 2 N–H and O–H groups in total. The molecule has 0 radical (unpaired) electrons. The number of anilines is 1. The molecule has 122 valence electrons. The summed E-state index contributed by atoms with van der Waals surface area (Å²) >= 11 is 3.36. The van der Waals surface area contributed by atoms with Gasteiger partial charge in [0.2, 0.25) is 0 Å². The van der Waals surface area contributed by atoms with Gasteiger partial charge in [0.1, 0.15) is 0 Å². The number of urea groups is 1. The average Bonchev–Trinajstić information content (AvgIpc) is 3.07. The summed E-state index contributed by atoms with van der Waals surface area (Å²) in [5.41, 5.74) is 2.71. The van der Waals surface area contributed by atoms with Crippen molar-refractivity contribution in [3.63, 3.8) is 0 Å². The summed E-state index contributed by atoms with van der Waals surface area (Å²) in [5.74, 6) is 0. The Bertz CT molecular complexity index is 799. The van der Waals surface area contributed by atoms with Gasteiger partial charge in [-0.05, 0) is 42.5 Å². The average molecular weight is 385 g/mol. The quantitative estimate of drug-likeness (QED) is 0.698. The Labute approximate surface area is 148 Å². The molecule has 0 saturated heterocycles. The Kier molecular flexibility index (Phi) is 5.28. The summed E-state index contributed by atoms with van der Waals surface area (Å²) in [6.07, 6.45) is 2.60. The van der Waals surface area contributed by atoms with E-state index in [0.29, 0.717) is 13.0 Å². The monoisotopic (exact) mass is 384 g/mol. The summed E-state index contributed by atoms with van der Waals surface area (Å²) in [7, 11) is 0. The first-order valence-corrected chi connectivity index (χ1v) is 8.40. The van der Waals surface area contributed by atoms with Gasteiger partial charge in [-0.2, -0.15) is 5.10 Å². The highest BCUT2D eigenvalue weighted by atomic mass is 79.9. The van der Waals surface area contributed by atoms with Crippen LogP contribution in [0, 0.1) is 0 Å². The number of benzene rings is 2. The van der Waals surface area contributed by atoms with E-state index in [1.807, 2.05) is 71.5 Å². The SMILES string of the molecule is O=C(NCCc1ccn(-c2ccccc2)n1)Nc1ccc(Br)cc1. The van der Waals surface area contributed by atoms with Crippen LogP contribution in [0.2, 0.25) is 0 Å². The van der Waals surface area contributed by atoms with E-state index < -0.39 is 0 Å². The predicted molar refractivity (Wildman–Crippen MR) is 98.4 cm³/mol. The van der Waals surface area contributed by atoms with Crippen LogP contribution >= 0.6 is 15.9 Å². The Hall–Kier alpha value is -2.60. The number of halogens is 1. The number of rotatable bonds is 5. The lowest BCUT2D eigenvalue weighted by Crippen LogP contribution is -2.30. The van der Waals surface area contributed by atoms with Crippen LogP contribution in [0.1, 0.15) is 5.69 Å². The molecular formula is C18H17BrN4O. The molecule has 6 heteroatoms. The van der Waals surface area contributed by atoms with Crippen molar-refractivity contribution in [2.75, 3.05) is 11.9 Å². The van der Waals surface area contributed by atoms with Crippen molar-refractivity contribution < 1.29 is 4.79 Å². The van der Waals surface area contributed by atoms with Crippen LogP contribution in [0.5, 0.6) is 0 Å². The third-order valence-electron chi connectivity index (χ3n) is 3.43. The van der Waals surface area contributed by atoms with E-state index in [1.54, 1.807) is 0 Å². The maximum Gasteiger partial charge on any atom is 0.319 e. The molecule has 0 bridgehead atoms. The molecule has 3 aromatic rings. The molecule has 0 unspecified atom stereocenters. The molecule has 0 saturated carbocycles. The lowest BCUT2D eigenvalue weighted by atomic mass is 10.3. The minimum atomic E-state index is -0.222. The van der Waals surface area contributed by atoms with Gasteiger partial charge in [-0.3, -0.25) is 0 Å². The Balaban J connectivity index is 1.47. The zero-order valence-electron chi connectivity index (χ0n) is 12.9. The van der Waals surface area contributed by atoms with Gasteiger partial charge in [-0.1, -0.05) is 34.1 Å². The van der Waals surface area contributed by atoms with Crippen molar-refractivity contribution in [2.24, 2.45) is 0 Å². The number of aromatic nitrogens is 2.